The first-order chi connectivity index (χ1) is 14.9. The second-order valence-electron chi connectivity index (χ2n) is 9.56. The van der Waals surface area contributed by atoms with Crippen molar-refractivity contribution in [3.63, 3.8) is 0 Å². The van der Waals surface area contributed by atoms with E-state index in [1.807, 2.05) is 0 Å². The zero-order valence-electron chi connectivity index (χ0n) is 20.8. The van der Waals surface area contributed by atoms with Crippen LogP contribution in [0.2, 0.25) is 0 Å². The lowest BCUT2D eigenvalue weighted by Crippen LogP contribution is -2.32. The van der Waals surface area contributed by atoms with Crippen LogP contribution in [0.4, 0.5) is 0 Å². The van der Waals surface area contributed by atoms with Crippen molar-refractivity contribution >= 4 is 0 Å². The summed E-state index contributed by atoms with van der Waals surface area (Å²) in [5.74, 6) is 0. The molecule has 0 aliphatic heterocycles. The molecule has 0 amide bonds. The van der Waals surface area contributed by atoms with Gasteiger partial charge in [0.05, 0.1) is 0 Å². The Morgan fingerprint density at radius 2 is 0.833 bits per heavy atom. The number of aromatic nitrogens is 1. The lowest BCUT2D eigenvalue weighted by atomic mass is 10.0. The Bertz CT molecular complexity index is 450. The fourth-order valence-corrected chi connectivity index (χ4v) is 4.40. The molecule has 0 aromatic carbocycles. The van der Waals surface area contributed by atoms with Crippen molar-refractivity contribution in [3.05, 3.63) is 30.1 Å². The van der Waals surface area contributed by atoms with E-state index >= 15 is 0 Å². The molecule has 1 aromatic rings. The molecule has 0 bridgehead atoms. The Kier molecular flexibility index (Phi) is 19.4. The first kappa shape index (κ1) is 27.2. The quantitative estimate of drug-likeness (QED) is 0.131. The summed E-state index contributed by atoms with van der Waals surface area (Å²) in [7, 11) is 0. The third-order valence-electron chi connectivity index (χ3n) is 6.55. The molecule has 174 valence electrons. The van der Waals surface area contributed by atoms with Crippen molar-refractivity contribution in [3.8, 4) is 0 Å². The van der Waals surface area contributed by atoms with E-state index in [-0.39, 0.29) is 0 Å². The van der Waals surface area contributed by atoms with Gasteiger partial charge in [0.1, 0.15) is 6.54 Å². The summed E-state index contributed by atoms with van der Waals surface area (Å²) in [5.41, 5.74) is 1.52. The predicted molar refractivity (Wildman–Crippen MR) is 134 cm³/mol. The van der Waals surface area contributed by atoms with Crippen molar-refractivity contribution in [2.24, 2.45) is 0 Å². The molecule has 30 heavy (non-hydrogen) atoms. The molecule has 1 nitrogen and oxygen atoms in total. The molecule has 1 heteroatoms. The first-order valence-electron chi connectivity index (χ1n) is 13.8. The average molecular weight is 417 g/mol. The fraction of sp³-hybridized carbons (Fsp3) is 0.828. The average Bonchev–Trinajstić information content (AvgIpc) is 2.77. The molecule has 0 saturated carbocycles. The van der Waals surface area contributed by atoms with Gasteiger partial charge < -0.3 is 0 Å². The van der Waals surface area contributed by atoms with Gasteiger partial charge in [-0.05, 0) is 24.8 Å². The van der Waals surface area contributed by atoms with Crippen molar-refractivity contribution in [2.75, 3.05) is 0 Å². The van der Waals surface area contributed by atoms with E-state index in [0.29, 0.717) is 0 Å². The Hall–Kier alpha value is -0.850. The molecule has 0 fully saturated rings. The lowest BCUT2D eigenvalue weighted by Gasteiger charge is -2.03. The van der Waals surface area contributed by atoms with E-state index in [4.69, 9.17) is 0 Å². The molecule has 1 rings (SSSR count). The van der Waals surface area contributed by atoms with Gasteiger partial charge in [-0.15, -0.1) is 0 Å². The van der Waals surface area contributed by atoms with Gasteiger partial charge in [-0.3, -0.25) is 0 Å². The second-order valence-corrected chi connectivity index (χ2v) is 9.56. The van der Waals surface area contributed by atoms with Gasteiger partial charge in [0.25, 0.3) is 0 Å². The molecule has 0 atom stereocenters. The minimum absolute atomic E-state index is 1.19. The highest BCUT2D eigenvalue weighted by atomic mass is 14.9. The Balaban J connectivity index is 1.90. The van der Waals surface area contributed by atoms with Gasteiger partial charge in [-0.1, -0.05) is 123 Å². The summed E-state index contributed by atoms with van der Waals surface area (Å²) in [6.45, 7) is 5.78. The largest absolute Gasteiger partial charge is 0.205 e. The topological polar surface area (TPSA) is 3.88 Å². The smallest absolute Gasteiger partial charge is 0.169 e. The van der Waals surface area contributed by atoms with Crippen LogP contribution in [0.3, 0.4) is 0 Å². The lowest BCUT2D eigenvalue weighted by molar-refractivity contribution is -0.697. The number of hydrogen-bond donors (Lipinski definition) is 0. The zero-order valence-corrected chi connectivity index (χ0v) is 20.8. The minimum atomic E-state index is 1.19. The van der Waals surface area contributed by atoms with E-state index in [2.05, 4.69) is 42.9 Å². The van der Waals surface area contributed by atoms with Gasteiger partial charge in [-0.25, -0.2) is 4.57 Å². The van der Waals surface area contributed by atoms with E-state index in [1.165, 1.54) is 147 Å². The van der Waals surface area contributed by atoms with Crippen LogP contribution < -0.4 is 4.57 Å². The molecule has 0 aliphatic rings. The van der Waals surface area contributed by atoms with E-state index < -0.39 is 0 Å². The van der Waals surface area contributed by atoms with E-state index in [1.54, 1.807) is 0 Å². The number of nitrogens with zero attached hydrogens (tertiary/aromatic N) is 1. The highest BCUT2D eigenvalue weighted by Gasteiger charge is 2.02. The zero-order chi connectivity index (χ0) is 21.5. The van der Waals surface area contributed by atoms with Crippen molar-refractivity contribution in [1.29, 1.82) is 0 Å². The molecule has 0 aliphatic carbocycles. The maximum Gasteiger partial charge on any atom is 0.169 e. The maximum atomic E-state index is 2.38. The standard InChI is InChI=1S/C29H54N/c1-3-5-7-9-11-13-14-15-16-18-20-22-26-30-27-24-29(25-28-30)23-21-19-17-12-10-8-6-4-2/h24-25,27-28H,3-23,26H2,1-2H3/q+1. The van der Waals surface area contributed by atoms with Gasteiger partial charge in [0, 0.05) is 18.6 Å². The number of unbranched alkanes of at least 4 members (excludes halogenated alkanes) is 18. The van der Waals surface area contributed by atoms with Crippen LogP contribution in [0.1, 0.15) is 148 Å². The molecule has 0 N–H and O–H groups in total. The monoisotopic (exact) mass is 416 g/mol. The Morgan fingerprint density at radius 3 is 1.27 bits per heavy atom. The third kappa shape index (κ3) is 16.9. The number of rotatable bonds is 22. The van der Waals surface area contributed by atoms with Crippen molar-refractivity contribution in [1.82, 2.24) is 0 Å². The summed E-state index contributed by atoms with van der Waals surface area (Å²) in [5, 5.41) is 0. The highest BCUT2D eigenvalue weighted by Crippen LogP contribution is 2.12. The molecule has 1 aromatic heterocycles. The maximum absolute atomic E-state index is 2.38. The molecule has 0 spiro atoms. The Morgan fingerprint density at radius 1 is 0.467 bits per heavy atom. The summed E-state index contributed by atoms with van der Waals surface area (Å²) in [4.78, 5) is 0. The van der Waals surface area contributed by atoms with Crippen LogP contribution in [0.5, 0.6) is 0 Å². The fourth-order valence-electron chi connectivity index (χ4n) is 4.40. The van der Waals surface area contributed by atoms with Crippen LogP contribution in [-0.4, -0.2) is 0 Å². The number of pyridine rings is 1. The molecule has 1 heterocycles. The molecule has 0 unspecified atom stereocenters. The summed E-state index contributed by atoms with van der Waals surface area (Å²) >= 11 is 0. The summed E-state index contributed by atoms with van der Waals surface area (Å²) in [6, 6.07) is 4.70. The van der Waals surface area contributed by atoms with Gasteiger partial charge in [0.2, 0.25) is 0 Å². The SMILES string of the molecule is CCCCCCCCCCCCCC[n+]1ccc(CCCCCCCCCC)cc1. The third-order valence-corrected chi connectivity index (χ3v) is 6.55. The van der Waals surface area contributed by atoms with Crippen molar-refractivity contribution in [2.45, 2.75) is 155 Å². The second kappa shape index (κ2) is 21.4. The number of aryl methyl sites for hydroxylation is 2. The Labute approximate surface area is 190 Å². The van der Waals surface area contributed by atoms with Gasteiger partial charge in [-0.2, -0.15) is 0 Å². The van der Waals surface area contributed by atoms with Crippen molar-refractivity contribution < 1.29 is 4.57 Å². The number of hydrogen-bond acceptors (Lipinski definition) is 0. The molecular formula is C29H54N+. The van der Waals surface area contributed by atoms with Gasteiger partial charge >= 0.3 is 0 Å². The van der Waals surface area contributed by atoms with Crippen LogP contribution in [0, 0.1) is 0 Å². The molecule has 0 saturated heterocycles. The van der Waals surface area contributed by atoms with Crippen LogP contribution >= 0.6 is 0 Å². The van der Waals surface area contributed by atoms with E-state index in [9.17, 15) is 0 Å². The summed E-state index contributed by atoms with van der Waals surface area (Å²) in [6.07, 6.45) is 34.3. The normalized spacial score (nSPS) is 11.3. The minimum Gasteiger partial charge on any atom is -0.205 e. The molecular weight excluding hydrogens is 362 g/mol. The molecule has 0 radical (unpaired) electrons. The van der Waals surface area contributed by atoms with Gasteiger partial charge in [0.15, 0.2) is 12.4 Å². The van der Waals surface area contributed by atoms with Crippen LogP contribution in [0.15, 0.2) is 24.5 Å². The van der Waals surface area contributed by atoms with Crippen LogP contribution in [-0.2, 0) is 13.0 Å². The first-order valence-corrected chi connectivity index (χ1v) is 13.8. The summed E-state index contributed by atoms with van der Waals surface area (Å²) < 4.78 is 2.38. The van der Waals surface area contributed by atoms with Crippen LogP contribution in [0.25, 0.3) is 0 Å². The highest BCUT2D eigenvalue weighted by molar-refractivity contribution is 5.07. The predicted octanol–water partition coefficient (Wildman–Crippen LogP) is 9.36. The van der Waals surface area contributed by atoms with E-state index in [0.717, 1.165) is 0 Å².